The maximum atomic E-state index is 13.2. The van der Waals surface area contributed by atoms with Crippen LogP contribution in [-0.4, -0.2) is 49.3 Å². The van der Waals surface area contributed by atoms with Gasteiger partial charge in [-0.3, -0.25) is 9.69 Å². The van der Waals surface area contributed by atoms with E-state index in [4.69, 9.17) is 0 Å². The molecule has 4 nitrogen and oxygen atoms in total. The fraction of sp³-hybridized carbons (Fsp3) is 0.536. The summed E-state index contributed by atoms with van der Waals surface area (Å²) >= 11 is 1.98. The Morgan fingerprint density at radius 3 is 2.59 bits per heavy atom. The third-order valence-electron chi connectivity index (χ3n) is 7.86. The average molecular weight is 482 g/mol. The Morgan fingerprint density at radius 2 is 1.76 bits per heavy atom. The molecular weight excluding hydrogens is 445 g/mol. The monoisotopic (exact) mass is 481 g/mol. The predicted molar refractivity (Wildman–Crippen MR) is 138 cm³/mol. The van der Waals surface area contributed by atoms with Crippen LogP contribution in [0.3, 0.4) is 0 Å². The van der Waals surface area contributed by atoms with Gasteiger partial charge in [-0.25, -0.2) is 4.39 Å². The lowest BCUT2D eigenvalue weighted by Gasteiger charge is -2.36. The summed E-state index contributed by atoms with van der Waals surface area (Å²) in [5, 5.41) is 3.48. The highest BCUT2D eigenvalue weighted by atomic mass is 32.2. The molecule has 3 aliphatic rings. The molecule has 1 N–H and O–H groups in total. The molecule has 34 heavy (non-hydrogen) atoms. The van der Waals surface area contributed by atoms with Crippen LogP contribution in [0, 0.1) is 17.7 Å². The lowest BCUT2D eigenvalue weighted by Crippen LogP contribution is -2.46. The molecule has 2 aromatic rings. The van der Waals surface area contributed by atoms with Crippen molar-refractivity contribution in [2.75, 3.05) is 43.4 Å². The van der Waals surface area contributed by atoms with E-state index in [1.54, 1.807) is 0 Å². The van der Waals surface area contributed by atoms with Gasteiger partial charge in [-0.1, -0.05) is 31.0 Å². The number of benzene rings is 2. The van der Waals surface area contributed by atoms with Crippen molar-refractivity contribution in [1.82, 2.24) is 10.2 Å². The number of halogens is 1. The van der Waals surface area contributed by atoms with Crippen molar-refractivity contribution < 1.29 is 9.18 Å². The van der Waals surface area contributed by atoms with Crippen LogP contribution in [-0.2, 0) is 4.79 Å². The smallest absolute Gasteiger partial charge is 0.220 e. The minimum atomic E-state index is -0.189. The van der Waals surface area contributed by atoms with Crippen molar-refractivity contribution in [3.05, 3.63) is 59.9 Å². The highest BCUT2D eigenvalue weighted by Gasteiger charge is 2.37. The van der Waals surface area contributed by atoms with E-state index in [1.165, 1.54) is 54.0 Å². The molecule has 6 heteroatoms. The Kier molecular flexibility index (Phi) is 7.75. The third kappa shape index (κ3) is 5.60. The Labute approximate surface area is 207 Å². The molecule has 5 rings (SSSR count). The minimum Gasteiger partial charge on any atom is -0.369 e. The number of fused-ring (bicyclic) bond motifs is 2. The van der Waals surface area contributed by atoms with Gasteiger partial charge >= 0.3 is 0 Å². The van der Waals surface area contributed by atoms with Gasteiger partial charge in [-0.15, -0.1) is 11.8 Å². The summed E-state index contributed by atoms with van der Waals surface area (Å²) in [6.45, 7) is 4.80. The van der Waals surface area contributed by atoms with E-state index in [9.17, 15) is 9.18 Å². The molecule has 0 radical (unpaired) electrons. The summed E-state index contributed by atoms with van der Waals surface area (Å²) in [6, 6.07) is 15.6. The van der Waals surface area contributed by atoms with Gasteiger partial charge in [-0.2, -0.15) is 0 Å². The number of nitrogens with zero attached hydrogens (tertiary/aromatic N) is 2. The molecule has 1 amide bonds. The summed E-state index contributed by atoms with van der Waals surface area (Å²) in [5.74, 6) is 2.45. The molecule has 0 bridgehead atoms. The summed E-state index contributed by atoms with van der Waals surface area (Å²) in [6.07, 6.45) is 6.60. The van der Waals surface area contributed by atoms with E-state index in [1.807, 2.05) is 23.9 Å². The molecule has 2 aliphatic heterocycles. The first-order chi connectivity index (χ1) is 16.7. The predicted octanol–water partition coefficient (Wildman–Crippen LogP) is 5.50. The number of carbonyl (C=O) groups is 1. The largest absolute Gasteiger partial charge is 0.369 e. The molecule has 0 unspecified atom stereocenters. The number of anilines is 1. The van der Waals surface area contributed by atoms with Crippen molar-refractivity contribution >= 4 is 23.4 Å². The highest BCUT2D eigenvalue weighted by Crippen LogP contribution is 2.46. The Hall–Kier alpha value is -2.05. The van der Waals surface area contributed by atoms with E-state index >= 15 is 0 Å². The van der Waals surface area contributed by atoms with E-state index in [-0.39, 0.29) is 17.8 Å². The number of carbonyl (C=O) groups excluding carboxylic acids is 1. The third-order valence-corrected chi connectivity index (χ3v) is 9.14. The van der Waals surface area contributed by atoms with Gasteiger partial charge in [0.15, 0.2) is 0 Å². The molecule has 2 fully saturated rings. The van der Waals surface area contributed by atoms with E-state index in [0.29, 0.717) is 18.3 Å². The Bertz CT molecular complexity index is 960. The Morgan fingerprint density at radius 1 is 1.00 bits per heavy atom. The van der Waals surface area contributed by atoms with Crippen LogP contribution in [0.2, 0.25) is 0 Å². The van der Waals surface area contributed by atoms with Gasteiger partial charge in [-0.05, 0) is 73.5 Å². The normalized spacial score (nSPS) is 25.2. The van der Waals surface area contributed by atoms with Gasteiger partial charge in [0.2, 0.25) is 5.91 Å². The first kappa shape index (κ1) is 23.7. The van der Waals surface area contributed by atoms with Gasteiger partial charge in [0.1, 0.15) is 5.82 Å². The first-order valence-corrected chi connectivity index (χ1v) is 13.9. The molecule has 0 aromatic heterocycles. The number of hydrogen-bond donors (Lipinski definition) is 1. The zero-order valence-electron chi connectivity index (χ0n) is 19.9. The molecule has 0 spiro atoms. The summed E-state index contributed by atoms with van der Waals surface area (Å²) in [4.78, 5) is 19.1. The van der Waals surface area contributed by atoms with Gasteiger partial charge in [0.25, 0.3) is 0 Å². The number of hydrogen-bond acceptors (Lipinski definition) is 4. The number of rotatable bonds is 6. The molecule has 1 aliphatic carbocycles. The maximum Gasteiger partial charge on any atom is 0.220 e. The molecular formula is C28H36FN3OS. The fourth-order valence-corrected chi connectivity index (χ4v) is 7.30. The van der Waals surface area contributed by atoms with Crippen LogP contribution >= 0.6 is 11.8 Å². The lowest BCUT2D eigenvalue weighted by atomic mass is 9.74. The van der Waals surface area contributed by atoms with Crippen LogP contribution in [0.15, 0.2) is 53.4 Å². The van der Waals surface area contributed by atoms with Gasteiger partial charge in [0, 0.05) is 48.9 Å². The van der Waals surface area contributed by atoms with E-state index in [0.717, 1.165) is 44.8 Å². The van der Waals surface area contributed by atoms with Crippen LogP contribution in [0.1, 0.15) is 50.1 Å². The summed E-state index contributed by atoms with van der Waals surface area (Å²) in [5.41, 5.74) is 2.41. The molecule has 1 saturated carbocycles. The molecule has 1 saturated heterocycles. The fourth-order valence-electron chi connectivity index (χ4n) is 5.95. The number of nitrogens with one attached hydrogen (secondary N) is 1. The second-order valence-corrected chi connectivity index (χ2v) is 11.1. The maximum absolute atomic E-state index is 13.2. The summed E-state index contributed by atoms with van der Waals surface area (Å²) in [7, 11) is 0. The quantitative estimate of drug-likeness (QED) is 0.591. The van der Waals surface area contributed by atoms with Crippen LogP contribution in [0.5, 0.6) is 0 Å². The standard InChI is InChI=1S/C28H36FN3OS/c29-22-11-13-23(14-12-22)32-18-16-31(17-19-32)15-5-10-27(33)30-28-24-7-2-1-6-21(24)20-34-26-9-4-3-8-25(26)28/h3-4,8-9,11-14,21,24,28H,1-2,5-7,10,15-20H2,(H,30,33)/t21-,24+,28+/m0/s1. The number of piperazine rings is 1. The van der Waals surface area contributed by atoms with Gasteiger partial charge in [0.05, 0.1) is 6.04 Å². The SMILES string of the molecule is O=C(CCCN1CCN(c2ccc(F)cc2)CC1)N[C@H]1c2ccccc2SC[C@@H]2CCCC[C@H]21. The van der Waals surface area contributed by atoms with Crippen molar-refractivity contribution in [1.29, 1.82) is 0 Å². The second kappa shape index (κ2) is 11.1. The topological polar surface area (TPSA) is 35.6 Å². The average Bonchev–Trinajstić information content (AvgIpc) is 3.02. The molecule has 3 atom stereocenters. The van der Waals surface area contributed by atoms with Crippen molar-refractivity contribution in [3.63, 3.8) is 0 Å². The number of amides is 1. The lowest BCUT2D eigenvalue weighted by molar-refractivity contribution is -0.122. The van der Waals surface area contributed by atoms with Crippen molar-refractivity contribution in [2.45, 2.75) is 49.5 Å². The number of thioether (sulfide) groups is 1. The highest BCUT2D eigenvalue weighted by molar-refractivity contribution is 7.99. The van der Waals surface area contributed by atoms with Crippen molar-refractivity contribution in [3.8, 4) is 0 Å². The zero-order chi connectivity index (χ0) is 23.3. The van der Waals surface area contributed by atoms with Crippen molar-refractivity contribution in [2.24, 2.45) is 11.8 Å². The molecule has 182 valence electrons. The van der Waals surface area contributed by atoms with E-state index < -0.39 is 0 Å². The minimum absolute atomic E-state index is 0.156. The zero-order valence-corrected chi connectivity index (χ0v) is 20.7. The Balaban J connectivity index is 1.11. The first-order valence-electron chi connectivity index (χ1n) is 12.9. The summed E-state index contributed by atoms with van der Waals surface area (Å²) < 4.78 is 13.2. The second-order valence-electron chi connectivity index (χ2n) is 10.0. The van der Waals surface area contributed by atoms with Crippen LogP contribution in [0.4, 0.5) is 10.1 Å². The van der Waals surface area contributed by atoms with Gasteiger partial charge < -0.3 is 10.2 Å². The van der Waals surface area contributed by atoms with Crippen LogP contribution in [0.25, 0.3) is 0 Å². The molecule has 2 heterocycles. The van der Waals surface area contributed by atoms with E-state index in [2.05, 4.69) is 39.4 Å². The molecule has 2 aromatic carbocycles. The van der Waals surface area contributed by atoms with Crippen LogP contribution < -0.4 is 10.2 Å².